The van der Waals surface area contributed by atoms with Crippen LogP contribution in [-0.4, -0.2) is 27.2 Å². The molecule has 2 aromatic carbocycles. The van der Waals surface area contributed by atoms with E-state index in [1.165, 1.54) is 0 Å². The van der Waals surface area contributed by atoms with Crippen molar-refractivity contribution in [1.29, 1.82) is 5.26 Å². The number of aromatic nitrogens is 3. The largest absolute Gasteiger partial charge is 0.462 e. The summed E-state index contributed by atoms with van der Waals surface area (Å²) in [6, 6.07) is 17.6. The summed E-state index contributed by atoms with van der Waals surface area (Å²) in [5.74, 6) is -0.294. The van der Waals surface area contributed by atoms with Crippen LogP contribution in [0.2, 0.25) is 5.02 Å². The average molecular weight is 419 g/mol. The third-order valence-corrected chi connectivity index (χ3v) is 4.81. The van der Waals surface area contributed by atoms with Crippen molar-refractivity contribution in [1.82, 2.24) is 14.6 Å². The molecule has 2 aromatic heterocycles. The van der Waals surface area contributed by atoms with E-state index in [0.29, 0.717) is 16.4 Å². The molecule has 0 atom stereocenters. The number of H-pyrrole nitrogens is 1. The monoisotopic (exact) mass is 418 g/mol. The first-order valence-electron chi connectivity index (χ1n) is 9.12. The van der Waals surface area contributed by atoms with Crippen LogP contribution in [0.1, 0.15) is 22.8 Å². The van der Waals surface area contributed by atoms with Gasteiger partial charge in [-0.15, -0.1) is 0 Å². The van der Waals surface area contributed by atoms with Gasteiger partial charge in [0.2, 0.25) is 0 Å². The van der Waals surface area contributed by atoms with Gasteiger partial charge < -0.3 is 4.74 Å². The molecule has 148 valence electrons. The molecule has 1 N–H and O–H groups in total. The second kappa shape index (κ2) is 7.85. The zero-order chi connectivity index (χ0) is 21.3. The van der Waals surface area contributed by atoms with Crippen LogP contribution in [0.3, 0.4) is 0 Å². The van der Waals surface area contributed by atoms with E-state index in [2.05, 4.69) is 10.1 Å². The van der Waals surface area contributed by atoms with Gasteiger partial charge in [0.15, 0.2) is 11.5 Å². The van der Waals surface area contributed by atoms with Crippen LogP contribution in [-0.2, 0) is 4.74 Å². The summed E-state index contributed by atoms with van der Waals surface area (Å²) < 4.78 is 6.34. The Labute approximate surface area is 176 Å². The molecule has 0 saturated heterocycles. The van der Waals surface area contributed by atoms with E-state index in [1.54, 1.807) is 31.2 Å². The van der Waals surface area contributed by atoms with Crippen LogP contribution >= 0.6 is 11.6 Å². The molecule has 4 aromatic rings. The lowest BCUT2D eigenvalue weighted by Crippen LogP contribution is -2.23. The maximum Gasteiger partial charge on any atom is 0.342 e. The smallest absolute Gasteiger partial charge is 0.342 e. The normalized spacial score (nSPS) is 10.7. The zero-order valence-electron chi connectivity index (χ0n) is 15.8. The van der Waals surface area contributed by atoms with E-state index < -0.39 is 11.5 Å². The highest BCUT2D eigenvalue weighted by molar-refractivity contribution is 6.30. The van der Waals surface area contributed by atoms with Crippen LogP contribution in [0.4, 0.5) is 0 Å². The van der Waals surface area contributed by atoms with Crippen molar-refractivity contribution in [3.63, 3.8) is 0 Å². The van der Waals surface area contributed by atoms with Gasteiger partial charge in [-0.3, -0.25) is 9.89 Å². The highest BCUT2D eigenvalue weighted by Gasteiger charge is 2.27. The minimum absolute atomic E-state index is 0.0359. The van der Waals surface area contributed by atoms with Crippen LogP contribution < -0.4 is 5.56 Å². The number of carbonyl (C=O) groups is 1. The Morgan fingerprint density at radius 1 is 1.17 bits per heavy atom. The highest BCUT2D eigenvalue weighted by Crippen LogP contribution is 2.31. The molecule has 8 heteroatoms. The van der Waals surface area contributed by atoms with E-state index in [-0.39, 0.29) is 28.9 Å². The lowest BCUT2D eigenvalue weighted by molar-refractivity contribution is 0.0528. The van der Waals surface area contributed by atoms with Gasteiger partial charge in [-0.1, -0.05) is 54.1 Å². The molecule has 0 aliphatic heterocycles. The number of rotatable bonds is 4. The van der Waals surface area contributed by atoms with Gasteiger partial charge in [0.05, 0.1) is 6.61 Å². The number of carbonyl (C=O) groups excluding carboxylic acids is 1. The van der Waals surface area contributed by atoms with E-state index in [0.717, 1.165) is 10.1 Å². The van der Waals surface area contributed by atoms with Crippen LogP contribution in [0.25, 0.3) is 28.2 Å². The number of nitrogens with zero attached hydrogens (tertiary/aromatic N) is 3. The first kappa shape index (κ1) is 19.4. The molecule has 0 radical (unpaired) electrons. The molecule has 4 rings (SSSR count). The molecular weight excluding hydrogens is 404 g/mol. The van der Waals surface area contributed by atoms with Gasteiger partial charge >= 0.3 is 5.97 Å². The summed E-state index contributed by atoms with van der Waals surface area (Å²) in [5, 5.41) is 13.1. The molecule has 0 amide bonds. The number of aromatic amines is 1. The zero-order valence-corrected chi connectivity index (χ0v) is 16.6. The molecule has 7 nitrogen and oxygen atoms in total. The Balaban J connectivity index is 2.12. The molecule has 0 aliphatic carbocycles. The standard InChI is InChI=1S/C22H15ClN4O3/c1-2-30-22(29)18-17(13-8-10-15(23)11-9-13)16(12-24)21(28)27-20(18)25-19(26-27)14-6-4-3-5-7-14/h3-11H,2H2,1H3,(H,25,26). The Kier molecular flexibility index (Phi) is 5.09. The minimum atomic E-state index is -0.678. The Hall–Kier alpha value is -3.89. The van der Waals surface area contributed by atoms with Crippen molar-refractivity contribution in [3.8, 4) is 28.6 Å². The first-order valence-corrected chi connectivity index (χ1v) is 9.50. The number of pyridine rings is 1. The van der Waals surface area contributed by atoms with Crippen molar-refractivity contribution in [3.05, 3.63) is 81.1 Å². The number of hydrogen-bond donors (Lipinski definition) is 1. The van der Waals surface area contributed by atoms with E-state index in [9.17, 15) is 14.9 Å². The average Bonchev–Trinajstić information content (AvgIpc) is 3.20. The summed E-state index contributed by atoms with van der Waals surface area (Å²) in [5.41, 5.74) is 0.699. The number of fused-ring (bicyclic) bond motifs is 1. The van der Waals surface area contributed by atoms with Crippen molar-refractivity contribution in [2.24, 2.45) is 0 Å². The predicted molar refractivity (Wildman–Crippen MR) is 112 cm³/mol. The second-order valence-corrected chi connectivity index (χ2v) is 6.80. The summed E-state index contributed by atoms with van der Waals surface area (Å²) in [4.78, 5) is 30.5. The number of ether oxygens (including phenoxy) is 1. The fraction of sp³-hybridized carbons (Fsp3) is 0.0909. The summed E-state index contributed by atoms with van der Waals surface area (Å²) in [7, 11) is 0. The van der Waals surface area contributed by atoms with Crippen molar-refractivity contribution in [2.75, 3.05) is 6.61 Å². The van der Waals surface area contributed by atoms with E-state index in [1.807, 2.05) is 36.4 Å². The summed E-state index contributed by atoms with van der Waals surface area (Å²) in [6.45, 7) is 1.80. The first-order chi connectivity index (χ1) is 14.5. The fourth-order valence-electron chi connectivity index (χ4n) is 3.24. The number of halogens is 1. The van der Waals surface area contributed by atoms with Crippen molar-refractivity contribution >= 4 is 23.2 Å². The minimum Gasteiger partial charge on any atom is -0.462 e. The van der Waals surface area contributed by atoms with Gasteiger partial charge in [0.1, 0.15) is 17.2 Å². The summed E-state index contributed by atoms with van der Waals surface area (Å²) in [6.07, 6.45) is 0. The van der Waals surface area contributed by atoms with Crippen LogP contribution in [0.5, 0.6) is 0 Å². The topological polar surface area (TPSA) is 100 Å². The molecule has 0 spiro atoms. The maximum atomic E-state index is 13.1. The fourth-order valence-corrected chi connectivity index (χ4v) is 3.37. The Bertz CT molecular complexity index is 1350. The van der Waals surface area contributed by atoms with Crippen LogP contribution in [0, 0.1) is 11.3 Å². The van der Waals surface area contributed by atoms with Crippen molar-refractivity contribution in [2.45, 2.75) is 6.92 Å². The molecular formula is C22H15ClN4O3. The predicted octanol–water partition coefficient (Wildman–Crippen LogP) is 4.06. The summed E-state index contributed by atoms with van der Waals surface area (Å²) >= 11 is 5.98. The second-order valence-electron chi connectivity index (χ2n) is 6.37. The number of hydrogen-bond acceptors (Lipinski definition) is 5. The SMILES string of the molecule is CCOC(=O)c1c(-c2ccc(Cl)cc2)c(C#N)c(=O)n2[nH]c(-c3ccccc3)nc12. The molecule has 0 bridgehead atoms. The Morgan fingerprint density at radius 3 is 2.50 bits per heavy atom. The van der Waals surface area contributed by atoms with Crippen LogP contribution in [0.15, 0.2) is 59.4 Å². The van der Waals surface area contributed by atoms with Crippen molar-refractivity contribution < 1.29 is 9.53 Å². The quantitative estimate of drug-likeness (QED) is 0.504. The Morgan fingerprint density at radius 2 is 1.87 bits per heavy atom. The molecule has 2 heterocycles. The maximum absolute atomic E-state index is 13.1. The van der Waals surface area contributed by atoms with Gasteiger partial charge in [-0.25, -0.2) is 9.78 Å². The van der Waals surface area contributed by atoms with E-state index >= 15 is 0 Å². The molecule has 0 saturated carbocycles. The molecule has 30 heavy (non-hydrogen) atoms. The third kappa shape index (κ3) is 3.23. The number of benzene rings is 2. The highest BCUT2D eigenvalue weighted by atomic mass is 35.5. The van der Waals surface area contributed by atoms with Gasteiger partial charge in [-0.2, -0.15) is 9.78 Å². The van der Waals surface area contributed by atoms with E-state index in [4.69, 9.17) is 16.3 Å². The molecule has 0 aliphatic rings. The third-order valence-electron chi connectivity index (χ3n) is 4.56. The lowest BCUT2D eigenvalue weighted by Gasteiger charge is -2.11. The lowest BCUT2D eigenvalue weighted by atomic mass is 9.96. The number of nitrogens with one attached hydrogen (secondary N) is 1. The molecule has 0 fully saturated rings. The van der Waals surface area contributed by atoms with Gasteiger partial charge in [0, 0.05) is 16.1 Å². The van der Waals surface area contributed by atoms with Gasteiger partial charge in [0.25, 0.3) is 5.56 Å². The number of esters is 1. The van der Waals surface area contributed by atoms with Gasteiger partial charge in [-0.05, 0) is 24.6 Å². The molecule has 0 unspecified atom stereocenters. The number of nitriles is 1.